The number of Topliss-reactive ketones (excluding diaryl/α,β-unsaturated/α-hetero) is 1. The molecule has 0 bridgehead atoms. The lowest BCUT2D eigenvalue weighted by atomic mass is 9.77. The molecule has 0 aromatic heterocycles. The highest BCUT2D eigenvalue weighted by Gasteiger charge is 2.66. The molecule has 2 amide bonds. The lowest BCUT2D eigenvalue weighted by Crippen LogP contribution is -2.72. The molecule has 148 valence electrons. The fourth-order valence-corrected chi connectivity index (χ4v) is 3.20. The van der Waals surface area contributed by atoms with Crippen LogP contribution in [0.4, 0.5) is 18.0 Å². The molecule has 0 radical (unpaired) electrons. The molecule has 3 rings (SSSR count). The van der Waals surface area contributed by atoms with E-state index in [2.05, 4.69) is 5.32 Å². The summed E-state index contributed by atoms with van der Waals surface area (Å²) >= 11 is 0. The Balaban J connectivity index is 2.15. The topological polar surface area (TPSA) is 98.7 Å². The Morgan fingerprint density at radius 1 is 1.07 bits per heavy atom. The minimum atomic E-state index is -5.31. The molecule has 1 fully saturated rings. The third-order valence-corrected chi connectivity index (χ3v) is 4.68. The van der Waals surface area contributed by atoms with Crippen LogP contribution >= 0.6 is 0 Å². The summed E-state index contributed by atoms with van der Waals surface area (Å²) < 4.78 is 41.3. The Morgan fingerprint density at radius 3 is 2.18 bits per heavy atom. The number of hydrogen-bond acceptors (Lipinski definition) is 4. The van der Waals surface area contributed by atoms with Crippen molar-refractivity contribution < 1.29 is 33.0 Å². The van der Waals surface area contributed by atoms with Gasteiger partial charge >= 0.3 is 12.2 Å². The van der Waals surface area contributed by atoms with Crippen LogP contribution in [-0.4, -0.2) is 33.9 Å². The van der Waals surface area contributed by atoms with E-state index in [1.54, 1.807) is 19.1 Å². The first-order valence-corrected chi connectivity index (χ1v) is 8.30. The van der Waals surface area contributed by atoms with Gasteiger partial charge in [0.25, 0.3) is 0 Å². The number of aliphatic hydroxyl groups is 1. The summed E-state index contributed by atoms with van der Waals surface area (Å²) in [7, 11) is 0. The van der Waals surface area contributed by atoms with Crippen LogP contribution in [0, 0.1) is 12.8 Å². The molecule has 28 heavy (non-hydrogen) atoms. The molecular formula is C19H17F3N2O4. The van der Waals surface area contributed by atoms with Gasteiger partial charge in [0.1, 0.15) is 11.7 Å². The number of amides is 2. The van der Waals surface area contributed by atoms with E-state index in [0.717, 1.165) is 5.56 Å². The van der Waals surface area contributed by atoms with Crippen LogP contribution in [0.2, 0.25) is 0 Å². The monoisotopic (exact) mass is 394 g/mol. The molecule has 4 N–H and O–H groups in total. The average Bonchev–Trinajstić information content (AvgIpc) is 2.61. The van der Waals surface area contributed by atoms with Crippen LogP contribution in [0.15, 0.2) is 48.5 Å². The SMILES string of the molecule is Cc1ccc(C(=O)[C@@H]2[C@H](c3ccc(O)cc3)NC(=O)N[C@]2(O)C(F)(F)F)cc1. The van der Waals surface area contributed by atoms with Crippen molar-refractivity contribution in [3.63, 3.8) is 0 Å². The number of hydrogen-bond donors (Lipinski definition) is 4. The molecule has 1 aliphatic heterocycles. The second-order valence-corrected chi connectivity index (χ2v) is 6.64. The summed E-state index contributed by atoms with van der Waals surface area (Å²) in [5, 5.41) is 23.6. The molecule has 0 aliphatic carbocycles. The summed E-state index contributed by atoms with van der Waals surface area (Å²) in [6.07, 6.45) is -5.31. The molecule has 1 heterocycles. The Labute approximate surface area is 158 Å². The van der Waals surface area contributed by atoms with Gasteiger partial charge in [0.2, 0.25) is 5.72 Å². The van der Waals surface area contributed by atoms with Crippen molar-refractivity contribution in [2.45, 2.75) is 24.9 Å². The van der Waals surface area contributed by atoms with E-state index < -0.39 is 35.7 Å². The highest BCUT2D eigenvalue weighted by molar-refractivity contribution is 6.00. The van der Waals surface area contributed by atoms with Gasteiger partial charge in [0.15, 0.2) is 5.78 Å². The summed E-state index contributed by atoms with van der Waals surface area (Å²) in [5.74, 6) is -3.24. The first-order chi connectivity index (χ1) is 13.0. The maximum absolute atomic E-state index is 13.8. The second kappa shape index (κ2) is 6.83. The lowest BCUT2D eigenvalue weighted by molar-refractivity contribution is -0.287. The Bertz CT molecular complexity index is 897. The molecule has 1 aliphatic rings. The van der Waals surface area contributed by atoms with Crippen LogP contribution in [-0.2, 0) is 0 Å². The molecule has 2 aromatic rings. The minimum absolute atomic E-state index is 0.0417. The van der Waals surface area contributed by atoms with Crippen LogP contribution in [0.5, 0.6) is 5.75 Å². The number of benzene rings is 2. The van der Waals surface area contributed by atoms with Crippen molar-refractivity contribution in [2.75, 3.05) is 0 Å². The van der Waals surface area contributed by atoms with Crippen molar-refractivity contribution in [2.24, 2.45) is 5.92 Å². The number of alkyl halides is 3. The number of urea groups is 1. The van der Waals surface area contributed by atoms with Gasteiger partial charge in [-0.25, -0.2) is 4.79 Å². The average molecular weight is 394 g/mol. The van der Waals surface area contributed by atoms with Gasteiger partial charge in [-0.1, -0.05) is 42.0 Å². The first kappa shape index (κ1) is 19.7. The third kappa shape index (κ3) is 3.40. The van der Waals surface area contributed by atoms with Gasteiger partial charge < -0.3 is 20.8 Å². The fraction of sp³-hybridized carbons (Fsp3) is 0.263. The number of carbonyl (C=O) groups excluding carboxylic acids is 2. The van der Waals surface area contributed by atoms with E-state index in [-0.39, 0.29) is 16.9 Å². The van der Waals surface area contributed by atoms with E-state index in [9.17, 15) is 33.0 Å². The number of phenols is 1. The number of ketones is 1. The van der Waals surface area contributed by atoms with Crippen LogP contribution in [0.1, 0.15) is 27.5 Å². The van der Waals surface area contributed by atoms with Crippen LogP contribution in [0.25, 0.3) is 0 Å². The Morgan fingerprint density at radius 2 is 1.64 bits per heavy atom. The molecule has 0 spiro atoms. The van der Waals surface area contributed by atoms with E-state index in [1.165, 1.54) is 41.7 Å². The molecular weight excluding hydrogens is 377 g/mol. The van der Waals surface area contributed by atoms with Crippen LogP contribution in [0.3, 0.4) is 0 Å². The molecule has 3 atom stereocenters. The summed E-state index contributed by atoms with van der Waals surface area (Å²) in [6.45, 7) is 1.75. The maximum atomic E-state index is 13.8. The van der Waals surface area contributed by atoms with Gasteiger partial charge in [-0.15, -0.1) is 0 Å². The number of aryl methyl sites for hydroxylation is 1. The number of phenolic OH excluding ortho intramolecular Hbond substituents is 1. The second-order valence-electron chi connectivity index (χ2n) is 6.64. The van der Waals surface area contributed by atoms with Gasteiger partial charge in [-0.3, -0.25) is 4.79 Å². The predicted molar refractivity (Wildman–Crippen MR) is 92.5 cm³/mol. The van der Waals surface area contributed by atoms with E-state index in [4.69, 9.17) is 0 Å². The van der Waals surface area contributed by atoms with E-state index in [1.807, 2.05) is 0 Å². The van der Waals surface area contributed by atoms with Gasteiger partial charge in [0.05, 0.1) is 6.04 Å². The van der Waals surface area contributed by atoms with Gasteiger partial charge in [0, 0.05) is 5.56 Å². The molecule has 1 saturated heterocycles. The quantitative estimate of drug-likeness (QED) is 0.602. The van der Waals surface area contributed by atoms with Crippen molar-refractivity contribution in [3.05, 3.63) is 65.2 Å². The smallest absolute Gasteiger partial charge is 0.437 e. The largest absolute Gasteiger partial charge is 0.508 e. The van der Waals surface area contributed by atoms with Crippen molar-refractivity contribution in [1.82, 2.24) is 10.6 Å². The maximum Gasteiger partial charge on any atom is 0.437 e. The zero-order valence-corrected chi connectivity index (χ0v) is 14.6. The van der Waals surface area contributed by atoms with Crippen LogP contribution < -0.4 is 10.6 Å². The number of nitrogens with one attached hydrogen (secondary N) is 2. The molecule has 6 nitrogen and oxygen atoms in total. The lowest BCUT2D eigenvalue weighted by Gasteiger charge is -2.45. The first-order valence-electron chi connectivity index (χ1n) is 8.30. The number of rotatable bonds is 3. The highest BCUT2D eigenvalue weighted by atomic mass is 19.4. The molecule has 0 saturated carbocycles. The minimum Gasteiger partial charge on any atom is -0.508 e. The molecule has 9 heteroatoms. The Hall–Kier alpha value is -3.07. The number of halogens is 3. The number of aromatic hydroxyl groups is 1. The predicted octanol–water partition coefficient (Wildman–Crippen LogP) is 2.80. The van der Waals surface area contributed by atoms with E-state index in [0.29, 0.717) is 0 Å². The van der Waals surface area contributed by atoms with Gasteiger partial charge in [-0.2, -0.15) is 13.2 Å². The van der Waals surface area contributed by atoms with Gasteiger partial charge in [-0.05, 0) is 24.6 Å². The van der Waals surface area contributed by atoms with Crippen molar-refractivity contribution >= 4 is 11.8 Å². The summed E-state index contributed by atoms with van der Waals surface area (Å²) in [4.78, 5) is 24.9. The zero-order chi connectivity index (χ0) is 20.7. The number of carbonyl (C=O) groups is 2. The highest BCUT2D eigenvalue weighted by Crippen LogP contribution is 2.44. The summed E-state index contributed by atoms with van der Waals surface area (Å²) in [6, 6.07) is 8.06. The normalized spacial score (nSPS) is 25.0. The fourth-order valence-electron chi connectivity index (χ4n) is 3.20. The standard InChI is InChI=1S/C19H17F3N2O4/c1-10-2-4-12(5-3-10)16(26)14-15(11-6-8-13(25)9-7-11)23-17(27)24-18(14,28)19(20,21)22/h2-9,14-15,25,28H,1H3,(H2,23,24,27)/t14-,15-,18+/m0/s1. The summed E-state index contributed by atoms with van der Waals surface area (Å²) in [5.41, 5.74) is -2.89. The Kier molecular flexibility index (Phi) is 4.80. The van der Waals surface area contributed by atoms with E-state index >= 15 is 0 Å². The zero-order valence-electron chi connectivity index (χ0n) is 14.6. The molecule has 2 aromatic carbocycles. The molecule has 0 unspecified atom stereocenters. The van der Waals surface area contributed by atoms with Crippen molar-refractivity contribution in [3.8, 4) is 5.75 Å². The third-order valence-electron chi connectivity index (χ3n) is 4.68. The van der Waals surface area contributed by atoms with Crippen molar-refractivity contribution in [1.29, 1.82) is 0 Å².